The van der Waals surface area contributed by atoms with Crippen LogP contribution in [0.15, 0.2) is 34.9 Å². The van der Waals surface area contributed by atoms with Gasteiger partial charge in [-0.15, -0.1) is 0 Å². The van der Waals surface area contributed by atoms with E-state index in [1.807, 2.05) is 37.4 Å². The first-order chi connectivity index (χ1) is 12.7. The van der Waals surface area contributed by atoms with E-state index in [0.717, 1.165) is 37.2 Å². The molecule has 0 radical (unpaired) electrons. The maximum absolute atomic E-state index is 12.4. The highest BCUT2D eigenvalue weighted by Gasteiger charge is 2.18. The molecule has 1 atom stereocenters. The van der Waals surface area contributed by atoms with E-state index in [2.05, 4.69) is 5.16 Å². The number of carbonyl (C=O) groups is 1. The van der Waals surface area contributed by atoms with Gasteiger partial charge < -0.3 is 18.9 Å². The van der Waals surface area contributed by atoms with Gasteiger partial charge in [-0.1, -0.05) is 17.3 Å². The van der Waals surface area contributed by atoms with E-state index in [-0.39, 0.29) is 18.4 Å². The Morgan fingerprint density at radius 2 is 2.23 bits per heavy atom. The molecular formula is C20H26N2O4. The van der Waals surface area contributed by atoms with Crippen molar-refractivity contribution in [2.45, 2.75) is 38.2 Å². The molecule has 6 heteroatoms. The fraction of sp³-hybridized carbons (Fsp3) is 0.500. The molecule has 140 valence electrons. The Labute approximate surface area is 154 Å². The Balaban J connectivity index is 1.53. The van der Waals surface area contributed by atoms with Crippen molar-refractivity contribution >= 4 is 5.91 Å². The van der Waals surface area contributed by atoms with Crippen molar-refractivity contribution in [1.29, 1.82) is 0 Å². The van der Waals surface area contributed by atoms with Crippen LogP contribution in [-0.2, 0) is 16.0 Å². The maximum Gasteiger partial charge on any atom is 0.228 e. The van der Waals surface area contributed by atoms with Crippen molar-refractivity contribution in [3.05, 3.63) is 36.0 Å². The van der Waals surface area contributed by atoms with Crippen LogP contribution in [-0.4, -0.2) is 49.4 Å². The lowest BCUT2D eigenvalue weighted by molar-refractivity contribution is -0.129. The second-order valence-electron chi connectivity index (χ2n) is 6.68. The summed E-state index contributed by atoms with van der Waals surface area (Å²) in [6.45, 7) is 1.54. The number of hydrogen-bond acceptors (Lipinski definition) is 5. The normalized spacial score (nSPS) is 17.1. The average molecular weight is 358 g/mol. The maximum atomic E-state index is 12.4. The molecule has 1 saturated heterocycles. The van der Waals surface area contributed by atoms with Gasteiger partial charge in [0.2, 0.25) is 5.91 Å². The van der Waals surface area contributed by atoms with E-state index in [9.17, 15) is 4.79 Å². The summed E-state index contributed by atoms with van der Waals surface area (Å²) in [5.74, 6) is 1.41. The molecule has 1 amide bonds. The van der Waals surface area contributed by atoms with Crippen LogP contribution in [0.2, 0.25) is 0 Å². The van der Waals surface area contributed by atoms with Gasteiger partial charge in [0, 0.05) is 31.8 Å². The van der Waals surface area contributed by atoms with Crippen molar-refractivity contribution in [2.75, 3.05) is 27.3 Å². The number of amides is 1. The van der Waals surface area contributed by atoms with Gasteiger partial charge in [-0.3, -0.25) is 4.79 Å². The summed E-state index contributed by atoms with van der Waals surface area (Å²) in [6.07, 6.45) is 4.85. The van der Waals surface area contributed by atoms with Crippen molar-refractivity contribution in [1.82, 2.24) is 10.1 Å². The lowest BCUT2D eigenvalue weighted by atomic mass is 10.1. The lowest BCUT2D eigenvalue weighted by Gasteiger charge is -2.25. The van der Waals surface area contributed by atoms with Crippen molar-refractivity contribution in [3.63, 3.8) is 0 Å². The Morgan fingerprint density at radius 3 is 3.00 bits per heavy atom. The number of hydrogen-bond donors (Lipinski definition) is 0. The van der Waals surface area contributed by atoms with Crippen molar-refractivity contribution in [3.8, 4) is 17.1 Å². The Bertz CT molecular complexity index is 722. The van der Waals surface area contributed by atoms with Gasteiger partial charge in [-0.25, -0.2) is 0 Å². The van der Waals surface area contributed by atoms with Crippen LogP contribution < -0.4 is 4.74 Å². The van der Waals surface area contributed by atoms with Crippen LogP contribution in [0.5, 0.6) is 5.75 Å². The lowest BCUT2D eigenvalue weighted by Crippen LogP contribution is -2.32. The summed E-state index contributed by atoms with van der Waals surface area (Å²) in [6, 6.07) is 9.37. The third kappa shape index (κ3) is 4.85. The molecule has 1 aromatic heterocycles. The molecule has 3 rings (SSSR count). The molecular weight excluding hydrogens is 332 g/mol. The highest BCUT2D eigenvalue weighted by molar-refractivity contribution is 5.78. The molecule has 0 spiro atoms. The molecule has 6 nitrogen and oxygen atoms in total. The number of benzene rings is 1. The molecule has 0 aliphatic carbocycles. The fourth-order valence-corrected chi connectivity index (χ4v) is 3.09. The molecule has 1 aliphatic rings. The number of rotatable bonds is 7. The summed E-state index contributed by atoms with van der Waals surface area (Å²) in [7, 11) is 3.45. The minimum atomic E-state index is 0.0336. The molecule has 2 heterocycles. The van der Waals surface area contributed by atoms with Crippen LogP contribution in [0.3, 0.4) is 0 Å². The predicted octanol–water partition coefficient (Wildman–Crippen LogP) is 3.31. The quantitative estimate of drug-likeness (QED) is 0.760. The molecule has 0 saturated carbocycles. The monoisotopic (exact) mass is 358 g/mol. The Kier molecular flexibility index (Phi) is 6.28. The largest absolute Gasteiger partial charge is 0.497 e. The summed E-state index contributed by atoms with van der Waals surface area (Å²) < 4.78 is 16.3. The van der Waals surface area contributed by atoms with Crippen LogP contribution in [0, 0.1) is 0 Å². The average Bonchev–Trinajstić information content (AvgIpc) is 3.15. The van der Waals surface area contributed by atoms with E-state index < -0.39 is 0 Å². The van der Waals surface area contributed by atoms with E-state index in [1.54, 1.807) is 12.0 Å². The van der Waals surface area contributed by atoms with E-state index in [4.69, 9.17) is 14.0 Å². The topological polar surface area (TPSA) is 64.8 Å². The number of ether oxygens (including phenoxy) is 2. The van der Waals surface area contributed by atoms with Crippen molar-refractivity contribution in [2.24, 2.45) is 0 Å². The van der Waals surface area contributed by atoms with Crippen LogP contribution >= 0.6 is 0 Å². The standard InChI is InChI=1S/C20H26N2O4/c1-22(10-9-17-7-3-4-11-25-17)20(23)14-16-13-19(26-21-16)15-6-5-8-18(12-15)24-2/h5-6,8,12-13,17H,3-4,7,9-11,14H2,1-2H3. The summed E-state index contributed by atoms with van der Waals surface area (Å²) >= 11 is 0. The summed E-state index contributed by atoms with van der Waals surface area (Å²) in [4.78, 5) is 14.2. The first-order valence-electron chi connectivity index (χ1n) is 9.11. The van der Waals surface area contributed by atoms with Gasteiger partial charge in [0.15, 0.2) is 5.76 Å². The minimum absolute atomic E-state index is 0.0336. The van der Waals surface area contributed by atoms with E-state index in [1.165, 1.54) is 6.42 Å². The molecule has 1 unspecified atom stereocenters. The van der Waals surface area contributed by atoms with Gasteiger partial charge in [0.1, 0.15) is 5.75 Å². The molecule has 1 aliphatic heterocycles. The SMILES string of the molecule is COc1cccc(-c2cc(CC(=O)N(C)CCC3CCCCO3)no2)c1. The number of methoxy groups -OCH3 is 1. The predicted molar refractivity (Wildman–Crippen MR) is 98.0 cm³/mol. The zero-order valence-corrected chi connectivity index (χ0v) is 15.4. The van der Waals surface area contributed by atoms with Crippen LogP contribution in [0.4, 0.5) is 0 Å². The van der Waals surface area contributed by atoms with Crippen LogP contribution in [0.1, 0.15) is 31.4 Å². The summed E-state index contributed by atoms with van der Waals surface area (Å²) in [5.41, 5.74) is 1.51. The molecule has 0 N–H and O–H groups in total. The third-order valence-corrected chi connectivity index (χ3v) is 4.73. The Hall–Kier alpha value is -2.34. The summed E-state index contributed by atoms with van der Waals surface area (Å²) in [5, 5.41) is 4.03. The first kappa shape index (κ1) is 18.5. The van der Waals surface area contributed by atoms with Gasteiger partial charge >= 0.3 is 0 Å². The van der Waals surface area contributed by atoms with Gasteiger partial charge in [0.25, 0.3) is 0 Å². The zero-order valence-electron chi connectivity index (χ0n) is 15.4. The molecule has 1 fully saturated rings. The number of aromatic nitrogens is 1. The fourth-order valence-electron chi connectivity index (χ4n) is 3.09. The van der Waals surface area contributed by atoms with Gasteiger partial charge in [-0.05, 0) is 37.8 Å². The number of carbonyl (C=O) groups excluding carboxylic acids is 1. The molecule has 0 bridgehead atoms. The molecule has 2 aromatic rings. The zero-order chi connectivity index (χ0) is 18.4. The van der Waals surface area contributed by atoms with Gasteiger partial charge in [0.05, 0.1) is 25.3 Å². The van der Waals surface area contributed by atoms with Crippen molar-refractivity contribution < 1.29 is 18.8 Å². The highest BCUT2D eigenvalue weighted by atomic mass is 16.5. The number of likely N-dealkylation sites (N-methyl/N-ethyl adjacent to an activating group) is 1. The third-order valence-electron chi connectivity index (χ3n) is 4.73. The number of nitrogens with zero attached hydrogens (tertiary/aromatic N) is 2. The van der Waals surface area contributed by atoms with E-state index in [0.29, 0.717) is 18.0 Å². The van der Waals surface area contributed by atoms with E-state index >= 15 is 0 Å². The Morgan fingerprint density at radius 1 is 1.35 bits per heavy atom. The molecule has 1 aromatic carbocycles. The molecule has 26 heavy (non-hydrogen) atoms. The highest BCUT2D eigenvalue weighted by Crippen LogP contribution is 2.24. The second kappa shape index (κ2) is 8.85. The minimum Gasteiger partial charge on any atom is -0.497 e. The smallest absolute Gasteiger partial charge is 0.228 e. The first-order valence-corrected chi connectivity index (χ1v) is 9.11. The van der Waals surface area contributed by atoms with Crippen LogP contribution in [0.25, 0.3) is 11.3 Å². The van der Waals surface area contributed by atoms with Gasteiger partial charge in [-0.2, -0.15) is 0 Å². The second-order valence-corrected chi connectivity index (χ2v) is 6.68.